The third kappa shape index (κ3) is 2.35. The van der Waals surface area contributed by atoms with Crippen LogP contribution in [0, 0.1) is 0 Å². The number of hydrogen-bond donors (Lipinski definition) is 2. The molecule has 16 heavy (non-hydrogen) atoms. The summed E-state index contributed by atoms with van der Waals surface area (Å²) in [5, 5.41) is 6.96. The van der Waals surface area contributed by atoms with E-state index in [0.29, 0.717) is 12.1 Å². The molecular formula is C13H19N3. The molecule has 0 unspecified atom stereocenters. The largest absolute Gasteiger partial charge is 0.367 e. The lowest BCUT2D eigenvalue weighted by Gasteiger charge is -2.23. The summed E-state index contributed by atoms with van der Waals surface area (Å²) in [6.45, 7) is 1.15. The van der Waals surface area contributed by atoms with Crippen LogP contribution in [0.4, 0.5) is 5.82 Å². The van der Waals surface area contributed by atoms with E-state index >= 15 is 0 Å². The number of anilines is 1. The van der Waals surface area contributed by atoms with Gasteiger partial charge in [0.05, 0.1) is 0 Å². The predicted octanol–water partition coefficient (Wildman–Crippen LogP) is 2.47. The van der Waals surface area contributed by atoms with Gasteiger partial charge in [0.25, 0.3) is 0 Å². The normalized spacial score (nSPS) is 25.4. The van der Waals surface area contributed by atoms with Gasteiger partial charge >= 0.3 is 0 Å². The van der Waals surface area contributed by atoms with Gasteiger partial charge in [-0.1, -0.05) is 12.5 Å². The average Bonchev–Trinajstić information content (AvgIpc) is 3.15. The molecular weight excluding hydrogens is 198 g/mol. The zero-order valence-corrected chi connectivity index (χ0v) is 9.58. The van der Waals surface area contributed by atoms with Crippen LogP contribution in [0.1, 0.15) is 43.7 Å². The number of piperidine rings is 1. The maximum absolute atomic E-state index is 4.48. The van der Waals surface area contributed by atoms with E-state index in [0.717, 1.165) is 12.4 Å². The molecule has 3 rings (SSSR count). The first-order chi connectivity index (χ1) is 7.92. The molecule has 2 aliphatic rings. The molecule has 3 heteroatoms. The van der Waals surface area contributed by atoms with E-state index < -0.39 is 0 Å². The molecule has 1 saturated carbocycles. The molecule has 1 aromatic heterocycles. The highest BCUT2D eigenvalue weighted by Gasteiger charge is 2.21. The van der Waals surface area contributed by atoms with E-state index in [-0.39, 0.29) is 0 Å². The van der Waals surface area contributed by atoms with Crippen molar-refractivity contribution in [1.29, 1.82) is 0 Å². The average molecular weight is 217 g/mol. The van der Waals surface area contributed by atoms with Crippen molar-refractivity contribution in [2.45, 2.75) is 44.2 Å². The van der Waals surface area contributed by atoms with Gasteiger partial charge in [-0.05, 0) is 43.9 Å². The summed E-state index contributed by atoms with van der Waals surface area (Å²) in [6, 6.07) is 5.53. The summed E-state index contributed by atoms with van der Waals surface area (Å²) < 4.78 is 0. The van der Waals surface area contributed by atoms with Crippen molar-refractivity contribution < 1.29 is 0 Å². The Bertz CT molecular complexity index is 337. The van der Waals surface area contributed by atoms with Gasteiger partial charge in [-0.2, -0.15) is 0 Å². The first-order valence-electron chi connectivity index (χ1n) is 6.38. The van der Waals surface area contributed by atoms with Gasteiger partial charge in [0.15, 0.2) is 0 Å². The van der Waals surface area contributed by atoms with Crippen LogP contribution in [0.15, 0.2) is 18.3 Å². The number of rotatable bonds is 3. The van der Waals surface area contributed by atoms with Crippen LogP contribution >= 0.6 is 0 Å². The molecule has 1 aliphatic heterocycles. The Morgan fingerprint density at radius 2 is 2.12 bits per heavy atom. The molecule has 3 nitrogen and oxygen atoms in total. The van der Waals surface area contributed by atoms with Crippen molar-refractivity contribution in [3.8, 4) is 0 Å². The maximum Gasteiger partial charge on any atom is 0.126 e. The summed E-state index contributed by atoms with van der Waals surface area (Å²) in [5.74, 6) is 1.03. The molecule has 1 saturated heterocycles. The number of pyridine rings is 1. The van der Waals surface area contributed by atoms with Gasteiger partial charge < -0.3 is 10.6 Å². The fourth-order valence-corrected chi connectivity index (χ4v) is 2.27. The molecule has 2 heterocycles. The van der Waals surface area contributed by atoms with Crippen LogP contribution in [0.3, 0.4) is 0 Å². The Kier molecular flexibility index (Phi) is 2.79. The van der Waals surface area contributed by atoms with Gasteiger partial charge in [-0.15, -0.1) is 0 Å². The summed E-state index contributed by atoms with van der Waals surface area (Å²) in [5.41, 5.74) is 1.33. The quantitative estimate of drug-likeness (QED) is 0.816. The smallest absolute Gasteiger partial charge is 0.126 e. The third-order valence-corrected chi connectivity index (χ3v) is 3.43. The highest BCUT2D eigenvalue weighted by Crippen LogP contribution is 2.25. The molecule has 1 aliphatic carbocycles. The molecule has 0 bridgehead atoms. The minimum atomic E-state index is 0.524. The number of nitrogens with zero attached hydrogens (tertiary/aromatic N) is 1. The van der Waals surface area contributed by atoms with Gasteiger partial charge in [-0.25, -0.2) is 4.98 Å². The van der Waals surface area contributed by atoms with E-state index in [9.17, 15) is 0 Å². The molecule has 2 fully saturated rings. The monoisotopic (exact) mass is 217 g/mol. The topological polar surface area (TPSA) is 37.0 Å². The number of aromatic nitrogens is 1. The second kappa shape index (κ2) is 4.42. The summed E-state index contributed by atoms with van der Waals surface area (Å²) >= 11 is 0. The second-order valence-electron chi connectivity index (χ2n) is 4.90. The van der Waals surface area contributed by atoms with Crippen molar-refractivity contribution in [1.82, 2.24) is 10.3 Å². The Hall–Kier alpha value is -1.09. The second-order valence-corrected chi connectivity index (χ2v) is 4.90. The van der Waals surface area contributed by atoms with Crippen molar-refractivity contribution in [3.63, 3.8) is 0 Å². The van der Waals surface area contributed by atoms with E-state index in [2.05, 4.69) is 27.8 Å². The molecule has 2 N–H and O–H groups in total. The van der Waals surface area contributed by atoms with Crippen LogP contribution in [-0.2, 0) is 0 Å². The van der Waals surface area contributed by atoms with Crippen molar-refractivity contribution in [2.75, 3.05) is 11.9 Å². The molecule has 1 atom stereocenters. The highest BCUT2D eigenvalue weighted by molar-refractivity contribution is 5.38. The highest BCUT2D eigenvalue weighted by atomic mass is 15.0. The van der Waals surface area contributed by atoms with Crippen LogP contribution in [0.25, 0.3) is 0 Å². The minimum Gasteiger partial charge on any atom is -0.367 e. The Morgan fingerprint density at radius 1 is 1.19 bits per heavy atom. The van der Waals surface area contributed by atoms with Crippen molar-refractivity contribution >= 4 is 5.82 Å². The fraction of sp³-hybridized carbons (Fsp3) is 0.615. The molecule has 0 radical (unpaired) electrons. The first kappa shape index (κ1) is 10.1. The van der Waals surface area contributed by atoms with Crippen molar-refractivity contribution in [2.24, 2.45) is 0 Å². The SMILES string of the molecule is c1cc(NC2CC2)ncc1[C@H]1CCCCN1. The van der Waals surface area contributed by atoms with Gasteiger partial charge in [0.1, 0.15) is 5.82 Å². The lowest BCUT2D eigenvalue weighted by atomic mass is 9.99. The van der Waals surface area contributed by atoms with Gasteiger partial charge in [0, 0.05) is 18.3 Å². The van der Waals surface area contributed by atoms with E-state index in [1.165, 1.54) is 37.7 Å². The number of nitrogens with one attached hydrogen (secondary N) is 2. The van der Waals surface area contributed by atoms with Gasteiger partial charge in [-0.3, -0.25) is 0 Å². The molecule has 86 valence electrons. The lowest BCUT2D eigenvalue weighted by Crippen LogP contribution is -2.26. The molecule has 0 aromatic carbocycles. The van der Waals surface area contributed by atoms with Crippen LogP contribution in [0.2, 0.25) is 0 Å². The Morgan fingerprint density at radius 3 is 2.75 bits per heavy atom. The van der Waals surface area contributed by atoms with Crippen LogP contribution < -0.4 is 10.6 Å². The van der Waals surface area contributed by atoms with E-state index in [1.807, 2.05) is 6.20 Å². The standard InChI is InChI=1S/C13H19N3/c1-2-8-14-12(3-1)10-4-7-13(15-9-10)16-11-5-6-11/h4,7,9,11-12,14H,1-3,5-6,8H2,(H,15,16)/t12-/m1/s1. The summed E-state index contributed by atoms with van der Waals surface area (Å²) in [6.07, 6.45) is 8.51. The van der Waals surface area contributed by atoms with Crippen LogP contribution in [0.5, 0.6) is 0 Å². The minimum absolute atomic E-state index is 0.524. The Balaban J connectivity index is 1.65. The third-order valence-electron chi connectivity index (χ3n) is 3.43. The fourth-order valence-electron chi connectivity index (χ4n) is 2.27. The zero-order valence-electron chi connectivity index (χ0n) is 9.58. The Labute approximate surface area is 96.7 Å². The molecule has 1 aromatic rings. The molecule has 0 spiro atoms. The molecule has 0 amide bonds. The van der Waals surface area contributed by atoms with E-state index in [1.54, 1.807) is 0 Å². The first-order valence-corrected chi connectivity index (χ1v) is 6.38. The van der Waals surface area contributed by atoms with Gasteiger partial charge in [0.2, 0.25) is 0 Å². The summed E-state index contributed by atoms with van der Waals surface area (Å²) in [7, 11) is 0. The lowest BCUT2D eigenvalue weighted by molar-refractivity contribution is 0.411. The maximum atomic E-state index is 4.48. The zero-order chi connectivity index (χ0) is 10.8. The number of hydrogen-bond acceptors (Lipinski definition) is 3. The predicted molar refractivity (Wildman–Crippen MR) is 65.5 cm³/mol. The summed E-state index contributed by atoms with van der Waals surface area (Å²) in [4.78, 5) is 4.48. The van der Waals surface area contributed by atoms with Crippen LogP contribution in [-0.4, -0.2) is 17.6 Å². The van der Waals surface area contributed by atoms with Crippen molar-refractivity contribution in [3.05, 3.63) is 23.9 Å². The van der Waals surface area contributed by atoms with E-state index in [4.69, 9.17) is 0 Å².